The van der Waals surface area contributed by atoms with Gasteiger partial charge < -0.3 is 15.4 Å². The van der Waals surface area contributed by atoms with Crippen molar-refractivity contribution in [3.8, 4) is 22.2 Å². The van der Waals surface area contributed by atoms with Crippen molar-refractivity contribution >= 4 is 34.0 Å². The van der Waals surface area contributed by atoms with Crippen molar-refractivity contribution in [2.75, 3.05) is 23.1 Å². The summed E-state index contributed by atoms with van der Waals surface area (Å²) in [6, 6.07) is 4.13. The van der Waals surface area contributed by atoms with Gasteiger partial charge in [-0.25, -0.2) is 27.9 Å². The number of piperidine rings is 1. The van der Waals surface area contributed by atoms with E-state index in [0.717, 1.165) is 68.8 Å². The molecule has 5 rings (SSSR count). The number of hydrogen-bond donors (Lipinski definition) is 3. The van der Waals surface area contributed by atoms with E-state index >= 15 is 0 Å². The van der Waals surface area contributed by atoms with Crippen LogP contribution < -0.4 is 20.1 Å². The van der Waals surface area contributed by atoms with E-state index in [2.05, 4.69) is 30.3 Å². The quantitative estimate of drug-likeness (QED) is 0.367. The predicted molar refractivity (Wildman–Crippen MR) is 138 cm³/mol. The Morgan fingerprint density at radius 2 is 1.92 bits per heavy atom. The van der Waals surface area contributed by atoms with Gasteiger partial charge >= 0.3 is 0 Å². The van der Waals surface area contributed by atoms with Gasteiger partial charge in [0.1, 0.15) is 27.3 Å². The second-order valence-corrected chi connectivity index (χ2v) is 11.7. The van der Waals surface area contributed by atoms with Gasteiger partial charge in [0.05, 0.1) is 16.0 Å². The van der Waals surface area contributed by atoms with Gasteiger partial charge in [-0.1, -0.05) is 12.8 Å². The third kappa shape index (κ3) is 5.81. The summed E-state index contributed by atoms with van der Waals surface area (Å²) in [6.07, 6.45) is 7.30. The minimum atomic E-state index is -1.55. The molecular formula is C24H28F2N6O2S2. The molecule has 1 aromatic carbocycles. The number of anilines is 2. The number of nitrogens with zero attached hydrogens (tertiary/aromatic N) is 3. The number of ether oxygens (including phenoxy) is 1. The molecule has 2 aromatic heterocycles. The van der Waals surface area contributed by atoms with E-state index in [1.165, 1.54) is 11.3 Å². The van der Waals surface area contributed by atoms with Crippen LogP contribution in [0.4, 0.5) is 20.4 Å². The average Bonchev–Trinajstić information content (AvgIpc) is 3.52. The molecule has 1 aliphatic heterocycles. The molecule has 12 heteroatoms. The van der Waals surface area contributed by atoms with Gasteiger partial charge in [0.15, 0.2) is 11.6 Å². The average molecular weight is 535 g/mol. The zero-order chi connectivity index (χ0) is 25.1. The van der Waals surface area contributed by atoms with Crippen molar-refractivity contribution in [1.29, 1.82) is 0 Å². The van der Waals surface area contributed by atoms with E-state index in [1.54, 1.807) is 12.3 Å². The summed E-state index contributed by atoms with van der Waals surface area (Å²) in [5.41, 5.74) is 0.189. The van der Waals surface area contributed by atoms with Crippen LogP contribution in [-0.4, -0.2) is 43.5 Å². The normalized spacial score (nSPS) is 19.2. The summed E-state index contributed by atoms with van der Waals surface area (Å²) in [4.78, 5) is 14.0. The molecule has 2 atom stereocenters. The fourth-order valence-electron chi connectivity index (χ4n) is 4.46. The zero-order valence-corrected chi connectivity index (χ0v) is 21.5. The number of nitrogens with one attached hydrogen (secondary N) is 3. The Labute approximate surface area is 214 Å². The van der Waals surface area contributed by atoms with E-state index in [-0.39, 0.29) is 22.9 Å². The van der Waals surface area contributed by atoms with Crippen LogP contribution in [0.25, 0.3) is 10.6 Å². The number of aromatic nitrogens is 3. The Morgan fingerprint density at radius 3 is 2.64 bits per heavy atom. The molecule has 0 spiro atoms. The smallest absolute Gasteiger partial charge is 0.240 e. The molecular weight excluding hydrogens is 506 g/mol. The Morgan fingerprint density at radius 1 is 1.14 bits per heavy atom. The van der Waals surface area contributed by atoms with Crippen LogP contribution in [0.1, 0.15) is 43.5 Å². The largest absolute Gasteiger partial charge is 0.437 e. The molecule has 2 aliphatic rings. The highest BCUT2D eigenvalue weighted by atomic mass is 32.2. The molecule has 2 fully saturated rings. The molecule has 1 saturated heterocycles. The second kappa shape index (κ2) is 11.1. The number of aryl methyl sites for hydroxylation is 1. The molecule has 192 valence electrons. The Balaban J connectivity index is 1.34. The first-order valence-corrected chi connectivity index (χ1v) is 14.1. The van der Waals surface area contributed by atoms with Gasteiger partial charge in [-0.05, 0) is 45.2 Å². The lowest BCUT2D eigenvalue weighted by atomic mass is 10.1. The van der Waals surface area contributed by atoms with Crippen molar-refractivity contribution in [2.24, 2.45) is 0 Å². The summed E-state index contributed by atoms with van der Waals surface area (Å²) < 4.78 is 50.4. The third-order valence-electron chi connectivity index (χ3n) is 6.26. The van der Waals surface area contributed by atoms with Crippen molar-refractivity contribution < 1.29 is 17.7 Å². The monoisotopic (exact) mass is 534 g/mol. The van der Waals surface area contributed by atoms with Crippen LogP contribution in [0.2, 0.25) is 0 Å². The number of thiazole rings is 1. The predicted octanol–water partition coefficient (Wildman–Crippen LogP) is 5.16. The first-order chi connectivity index (χ1) is 17.5. The highest BCUT2D eigenvalue weighted by molar-refractivity contribution is 7.87. The van der Waals surface area contributed by atoms with Gasteiger partial charge in [-0.15, -0.1) is 11.3 Å². The Bertz CT molecular complexity index is 1220. The third-order valence-corrected chi connectivity index (χ3v) is 8.72. The number of hydrogen-bond acceptors (Lipinski definition) is 8. The van der Waals surface area contributed by atoms with Gasteiger partial charge in [-0.3, -0.25) is 4.72 Å². The van der Waals surface area contributed by atoms with E-state index in [1.807, 2.05) is 6.92 Å². The molecule has 3 heterocycles. The second-order valence-electron chi connectivity index (χ2n) is 8.99. The molecule has 0 radical (unpaired) electrons. The van der Waals surface area contributed by atoms with Crippen LogP contribution in [0.15, 0.2) is 24.4 Å². The minimum absolute atomic E-state index is 0.0468. The fourth-order valence-corrected chi connectivity index (χ4v) is 6.60. The van der Waals surface area contributed by atoms with Crippen molar-refractivity contribution in [1.82, 2.24) is 20.3 Å². The SMILES string of the molecule is Cc1nc(Oc2cc(F)c(NS(=O)C3CCCC3)c(F)c2)c(-c2ccnc(NC3CCCNC3)n2)s1. The lowest BCUT2D eigenvalue weighted by Gasteiger charge is -2.23. The Hall–Kier alpha value is -2.70. The lowest BCUT2D eigenvalue weighted by molar-refractivity contribution is 0.456. The van der Waals surface area contributed by atoms with E-state index in [9.17, 15) is 13.0 Å². The topological polar surface area (TPSA) is 101 Å². The first kappa shape index (κ1) is 25.0. The molecule has 36 heavy (non-hydrogen) atoms. The van der Waals surface area contributed by atoms with E-state index in [0.29, 0.717) is 16.5 Å². The summed E-state index contributed by atoms with van der Waals surface area (Å²) >= 11 is 1.37. The van der Waals surface area contributed by atoms with Crippen molar-refractivity contribution in [3.05, 3.63) is 41.0 Å². The van der Waals surface area contributed by atoms with E-state index in [4.69, 9.17) is 4.74 Å². The van der Waals surface area contributed by atoms with Gasteiger partial charge in [0.25, 0.3) is 0 Å². The van der Waals surface area contributed by atoms with Crippen molar-refractivity contribution in [3.63, 3.8) is 0 Å². The zero-order valence-electron chi connectivity index (χ0n) is 19.9. The molecule has 2 unspecified atom stereocenters. The maximum absolute atomic E-state index is 14.8. The summed E-state index contributed by atoms with van der Waals surface area (Å²) in [5, 5.41) is 7.32. The van der Waals surface area contributed by atoms with Gasteiger partial charge in [0, 0.05) is 30.9 Å². The number of rotatable bonds is 8. The maximum Gasteiger partial charge on any atom is 0.240 e. The number of benzene rings is 1. The molecule has 0 amide bonds. The lowest BCUT2D eigenvalue weighted by Crippen LogP contribution is -2.38. The molecule has 1 aliphatic carbocycles. The van der Waals surface area contributed by atoms with E-state index < -0.39 is 28.3 Å². The van der Waals surface area contributed by atoms with Gasteiger partial charge in [-0.2, -0.15) is 0 Å². The van der Waals surface area contributed by atoms with Crippen LogP contribution in [0.3, 0.4) is 0 Å². The summed E-state index contributed by atoms with van der Waals surface area (Å²) in [5.74, 6) is -1.09. The Kier molecular flexibility index (Phi) is 7.73. The summed E-state index contributed by atoms with van der Waals surface area (Å²) in [6.45, 7) is 3.68. The minimum Gasteiger partial charge on any atom is -0.437 e. The standard InChI is InChI=1S/C24H28F2N6O2S2/c1-14-29-23(22(35-14)20-8-10-28-24(31-20)30-15-5-4-9-27-13-15)34-16-11-18(25)21(19(26)12-16)32-36(33)17-6-2-3-7-17/h8,10-12,15,17,27,32H,2-7,9,13H2,1H3,(H,28,30,31). The van der Waals surface area contributed by atoms with Gasteiger partial charge in [0.2, 0.25) is 11.8 Å². The van der Waals surface area contributed by atoms with Crippen molar-refractivity contribution in [2.45, 2.75) is 56.7 Å². The van der Waals surface area contributed by atoms with Crippen LogP contribution in [0, 0.1) is 18.6 Å². The molecule has 0 bridgehead atoms. The maximum atomic E-state index is 14.8. The molecule has 8 nitrogen and oxygen atoms in total. The molecule has 3 N–H and O–H groups in total. The first-order valence-electron chi connectivity index (χ1n) is 12.1. The fraction of sp³-hybridized carbons (Fsp3) is 0.458. The highest BCUT2D eigenvalue weighted by Gasteiger charge is 2.24. The highest BCUT2D eigenvalue weighted by Crippen LogP contribution is 2.38. The van der Waals surface area contributed by atoms with Crippen LogP contribution >= 0.6 is 11.3 Å². The molecule has 3 aromatic rings. The van der Waals surface area contributed by atoms with Crippen LogP contribution in [0.5, 0.6) is 11.6 Å². The molecule has 1 saturated carbocycles. The number of halogens is 2. The summed E-state index contributed by atoms with van der Waals surface area (Å²) in [7, 11) is -1.55. The van der Waals surface area contributed by atoms with Crippen LogP contribution in [-0.2, 0) is 11.0 Å².